The summed E-state index contributed by atoms with van der Waals surface area (Å²) in [6.07, 6.45) is 0. The zero-order valence-electron chi connectivity index (χ0n) is 9.21. The first-order chi connectivity index (χ1) is 7.99. The SMILES string of the molecule is C[C@@H](NC(=O)COc1ccc(O)cc1)C(=O)O. The predicted molar refractivity (Wildman–Crippen MR) is 58.8 cm³/mol. The van der Waals surface area contributed by atoms with Gasteiger partial charge in [0.15, 0.2) is 6.61 Å². The molecule has 1 atom stereocenters. The standard InChI is InChI=1S/C11H13NO5/c1-7(11(15)16)12-10(14)6-17-9-4-2-8(13)3-5-9/h2-5,7,13H,6H2,1H3,(H,12,14)(H,15,16)/t7-/m1/s1. The Kier molecular flexibility index (Phi) is 4.33. The Morgan fingerprint density at radius 2 is 1.94 bits per heavy atom. The molecule has 17 heavy (non-hydrogen) atoms. The molecule has 6 nitrogen and oxygen atoms in total. The number of amides is 1. The van der Waals surface area contributed by atoms with E-state index >= 15 is 0 Å². The summed E-state index contributed by atoms with van der Waals surface area (Å²) in [4.78, 5) is 21.7. The molecular formula is C11H13NO5. The largest absolute Gasteiger partial charge is 0.508 e. The van der Waals surface area contributed by atoms with E-state index in [-0.39, 0.29) is 12.4 Å². The summed E-state index contributed by atoms with van der Waals surface area (Å²) >= 11 is 0. The minimum atomic E-state index is -1.11. The van der Waals surface area contributed by atoms with E-state index in [2.05, 4.69) is 5.32 Å². The fraction of sp³-hybridized carbons (Fsp3) is 0.273. The number of rotatable bonds is 5. The number of hydrogen-bond acceptors (Lipinski definition) is 4. The van der Waals surface area contributed by atoms with Crippen molar-refractivity contribution in [2.75, 3.05) is 6.61 Å². The van der Waals surface area contributed by atoms with E-state index in [0.29, 0.717) is 5.75 Å². The Bertz CT molecular complexity index is 401. The van der Waals surface area contributed by atoms with Gasteiger partial charge in [-0.2, -0.15) is 0 Å². The van der Waals surface area contributed by atoms with Gasteiger partial charge in [0.1, 0.15) is 17.5 Å². The highest BCUT2D eigenvalue weighted by molar-refractivity contribution is 5.84. The lowest BCUT2D eigenvalue weighted by Crippen LogP contribution is -2.40. The van der Waals surface area contributed by atoms with Gasteiger partial charge in [-0.15, -0.1) is 0 Å². The second kappa shape index (κ2) is 5.74. The maximum atomic E-state index is 11.2. The lowest BCUT2D eigenvalue weighted by Gasteiger charge is -2.10. The summed E-state index contributed by atoms with van der Waals surface area (Å²) in [5.41, 5.74) is 0. The average molecular weight is 239 g/mol. The number of ether oxygens (including phenoxy) is 1. The Morgan fingerprint density at radius 3 is 2.47 bits per heavy atom. The van der Waals surface area contributed by atoms with Crippen molar-refractivity contribution < 1.29 is 24.5 Å². The molecule has 0 heterocycles. The molecule has 1 rings (SSSR count). The zero-order valence-corrected chi connectivity index (χ0v) is 9.21. The summed E-state index contributed by atoms with van der Waals surface area (Å²) in [5, 5.41) is 19.8. The molecule has 0 bridgehead atoms. The van der Waals surface area contributed by atoms with E-state index in [1.165, 1.54) is 31.2 Å². The van der Waals surface area contributed by atoms with Crippen molar-refractivity contribution in [3.8, 4) is 11.5 Å². The van der Waals surface area contributed by atoms with Crippen LogP contribution in [0.3, 0.4) is 0 Å². The van der Waals surface area contributed by atoms with Gasteiger partial charge in [-0.05, 0) is 31.2 Å². The molecule has 0 saturated carbocycles. The Morgan fingerprint density at radius 1 is 1.35 bits per heavy atom. The van der Waals surface area contributed by atoms with E-state index in [1.807, 2.05) is 0 Å². The Labute approximate surface area is 97.8 Å². The third-order valence-electron chi connectivity index (χ3n) is 1.95. The number of phenolic OH excluding ortho intramolecular Hbond substituents is 1. The lowest BCUT2D eigenvalue weighted by molar-refractivity contribution is -0.141. The number of benzene rings is 1. The topological polar surface area (TPSA) is 95.9 Å². The monoisotopic (exact) mass is 239 g/mol. The number of phenols is 1. The van der Waals surface area contributed by atoms with Gasteiger partial charge >= 0.3 is 5.97 Å². The Hall–Kier alpha value is -2.24. The number of nitrogens with one attached hydrogen (secondary N) is 1. The number of aliphatic carboxylic acids is 1. The summed E-state index contributed by atoms with van der Waals surface area (Å²) < 4.78 is 5.09. The molecule has 6 heteroatoms. The first-order valence-corrected chi connectivity index (χ1v) is 4.93. The van der Waals surface area contributed by atoms with E-state index in [0.717, 1.165) is 0 Å². The van der Waals surface area contributed by atoms with Crippen LogP contribution in [0.15, 0.2) is 24.3 Å². The molecule has 0 aliphatic rings. The molecule has 0 fully saturated rings. The molecule has 0 saturated heterocycles. The highest BCUT2D eigenvalue weighted by Crippen LogP contribution is 2.15. The smallest absolute Gasteiger partial charge is 0.325 e. The van der Waals surface area contributed by atoms with E-state index in [4.69, 9.17) is 14.9 Å². The molecule has 0 unspecified atom stereocenters. The van der Waals surface area contributed by atoms with Gasteiger partial charge in [0, 0.05) is 0 Å². The number of aromatic hydroxyl groups is 1. The van der Waals surface area contributed by atoms with Crippen molar-refractivity contribution in [3.05, 3.63) is 24.3 Å². The number of carboxylic acids is 1. The van der Waals surface area contributed by atoms with Crippen LogP contribution < -0.4 is 10.1 Å². The molecule has 3 N–H and O–H groups in total. The second-order valence-electron chi connectivity index (χ2n) is 3.41. The normalized spacial score (nSPS) is 11.6. The molecule has 0 aliphatic heterocycles. The number of carbonyl (C=O) groups is 2. The molecule has 1 amide bonds. The predicted octanol–water partition coefficient (Wildman–Crippen LogP) is 0.360. The van der Waals surface area contributed by atoms with Crippen LogP contribution in [0.5, 0.6) is 11.5 Å². The van der Waals surface area contributed by atoms with Crippen LogP contribution in [0.1, 0.15) is 6.92 Å². The van der Waals surface area contributed by atoms with Crippen molar-refractivity contribution in [1.29, 1.82) is 0 Å². The van der Waals surface area contributed by atoms with Crippen LogP contribution in [0.2, 0.25) is 0 Å². The summed E-state index contributed by atoms with van der Waals surface area (Å²) in [5.74, 6) is -1.11. The Balaban J connectivity index is 2.38. The maximum Gasteiger partial charge on any atom is 0.325 e. The van der Waals surface area contributed by atoms with Gasteiger partial charge in [0.2, 0.25) is 0 Å². The fourth-order valence-electron chi connectivity index (χ4n) is 1.04. The zero-order chi connectivity index (χ0) is 12.8. The summed E-state index contributed by atoms with van der Waals surface area (Å²) in [6.45, 7) is 1.09. The quantitative estimate of drug-likeness (QED) is 0.689. The average Bonchev–Trinajstić information content (AvgIpc) is 2.28. The van der Waals surface area contributed by atoms with Gasteiger partial charge in [0.25, 0.3) is 5.91 Å². The minimum Gasteiger partial charge on any atom is -0.508 e. The molecule has 1 aromatic rings. The molecule has 0 radical (unpaired) electrons. The van der Waals surface area contributed by atoms with Gasteiger partial charge in [-0.25, -0.2) is 0 Å². The molecule has 92 valence electrons. The summed E-state index contributed by atoms with van der Waals surface area (Å²) in [7, 11) is 0. The molecule has 1 aromatic carbocycles. The van der Waals surface area contributed by atoms with Crippen molar-refractivity contribution in [1.82, 2.24) is 5.32 Å². The van der Waals surface area contributed by atoms with E-state index in [9.17, 15) is 9.59 Å². The van der Waals surface area contributed by atoms with Crippen LogP contribution in [0.4, 0.5) is 0 Å². The van der Waals surface area contributed by atoms with Gasteiger partial charge in [-0.1, -0.05) is 0 Å². The lowest BCUT2D eigenvalue weighted by atomic mass is 10.3. The first-order valence-electron chi connectivity index (χ1n) is 4.93. The van der Waals surface area contributed by atoms with Gasteiger partial charge < -0.3 is 20.3 Å². The van der Waals surface area contributed by atoms with E-state index < -0.39 is 17.9 Å². The van der Waals surface area contributed by atoms with Crippen molar-refractivity contribution in [2.24, 2.45) is 0 Å². The van der Waals surface area contributed by atoms with Crippen LogP contribution in [-0.4, -0.2) is 34.7 Å². The van der Waals surface area contributed by atoms with E-state index in [1.54, 1.807) is 0 Å². The first kappa shape index (κ1) is 12.8. The molecule has 0 spiro atoms. The van der Waals surface area contributed by atoms with Crippen molar-refractivity contribution in [3.63, 3.8) is 0 Å². The maximum absolute atomic E-state index is 11.2. The van der Waals surface area contributed by atoms with Gasteiger partial charge in [0.05, 0.1) is 0 Å². The third kappa shape index (κ3) is 4.42. The third-order valence-corrected chi connectivity index (χ3v) is 1.95. The van der Waals surface area contributed by atoms with Crippen LogP contribution in [0, 0.1) is 0 Å². The van der Waals surface area contributed by atoms with Crippen LogP contribution >= 0.6 is 0 Å². The van der Waals surface area contributed by atoms with Crippen molar-refractivity contribution >= 4 is 11.9 Å². The fourth-order valence-corrected chi connectivity index (χ4v) is 1.04. The van der Waals surface area contributed by atoms with Gasteiger partial charge in [-0.3, -0.25) is 9.59 Å². The highest BCUT2D eigenvalue weighted by atomic mass is 16.5. The number of carbonyl (C=O) groups excluding carboxylic acids is 1. The van der Waals surface area contributed by atoms with Crippen LogP contribution in [0.25, 0.3) is 0 Å². The molecule has 0 aliphatic carbocycles. The van der Waals surface area contributed by atoms with Crippen LogP contribution in [-0.2, 0) is 9.59 Å². The molecule has 0 aromatic heterocycles. The second-order valence-corrected chi connectivity index (χ2v) is 3.41. The highest BCUT2D eigenvalue weighted by Gasteiger charge is 2.13. The van der Waals surface area contributed by atoms with Crippen molar-refractivity contribution in [2.45, 2.75) is 13.0 Å². The minimum absolute atomic E-state index is 0.0984. The summed E-state index contributed by atoms with van der Waals surface area (Å²) in [6, 6.07) is 4.90. The number of hydrogen-bond donors (Lipinski definition) is 3. The molecular weight excluding hydrogens is 226 g/mol. The number of carboxylic acid groups (broad SMARTS) is 1.